The predicted molar refractivity (Wildman–Crippen MR) is 131 cm³/mol. The Hall–Kier alpha value is -2.00. The number of fused-ring (bicyclic) bond motifs is 1. The lowest BCUT2D eigenvalue weighted by Crippen LogP contribution is -2.70. The molecule has 190 valence electrons. The molecule has 6 atom stereocenters. The van der Waals surface area contributed by atoms with Crippen LogP contribution in [-0.4, -0.2) is 56.5 Å². The van der Waals surface area contributed by atoms with Gasteiger partial charge in [-0.3, -0.25) is 4.79 Å². The highest BCUT2D eigenvalue weighted by molar-refractivity contribution is 6.31. The summed E-state index contributed by atoms with van der Waals surface area (Å²) in [5.74, 6) is -1.90. The standard InChI is InChI=1S/C27H33ClO7/c1-7-32-20-11-8-17(9-12-20)14-19-15-18(10-13-21(19)28)24-22(29)25-23(16(2)33-24)34-26(3,30-5)27(4,31-6)35-25/h8-13,15-16,23-25H,7,14H2,1-6H3/t16-,23-,24+,25-,26?,27?/m1/s1. The number of rotatable bonds is 7. The second-order valence-electron chi connectivity index (χ2n) is 9.15. The van der Waals surface area contributed by atoms with Gasteiger partial charge in [-0.2, -0.15) is 0 Å². The first-order valence-corrected chi connectivity index (χ1v) is 12.2. The van der Waals surface area contributed by atoms with E-state index in [4.69, 9.17) is 40.0 Å². The van der Waals surface area contributed by atoms with E-state index >= 15 is 0 Å². The van der Waals surface area contributed by atoms with Crippen molar-refractivity contribution in [2.45, 2.75) is 70.1 Å². The summed E-state index contributed by atoms with van der Waals surface area (Å²) in [6, 6.07) is 13.4. The molecule has 2 aromatic carbocycles. The number of methoxy groups -OCH3 is 2. The number of hydrogen-bond donors (Lipinski definition) is 0. The van der Waals surface area contributed by atoms with Crippen molar-refractivity contribution in [3.05, 3.63) is 64.2 Å². The average Bonchev–Trinajstić information content (AvgIpc) is 2.85. The molecule has 0 bridgehead atoms. The Kier molecular flexibility index (Phi) is 7.57. The third kappa shape index (κ3) is 4.86. The van der Waals surface area contributed by atoms with Gasteiger partial charge in [-0.25, -0.2) is 0 Å². The van der Waals surface area contributed by atoms with Gasteiger partial charge in [-0.05, 0) is 69.0 Å². The Bertz CT molecular complexity index is 1060. The van der Waals surface area contributed by atoms with E-state index in [0.29, 0.717) is 23.6 Å². The van der Waals surface area contributed by atoms with Crippen LogP contribution in [0.3, 0.4) is 0 Å². The van der Waals surface area contributed by atoms with Crippen molar-refractivity contribution in [1.29, 1.82) is 0 Å². The van der Waals surface area contributed by atoms with Gasteiger partial charge in [0.2, 0.25) is 11.6 Å². The molecule has 0 aromatic heterocycles. The number of carbonyl (C=O) groups excluding carboxylic acids is 1. The third-order valence-corrected chi connectivity index (χ3v) is 7.34. The molecule has 7 nitrogen and oxygen atoms in total. The second kappa shape index (κ2) is 10.2. The maximum absolute atomic E-state index is 13.6. The van der Waals surface area contributed by atoms with Crippen LogP contribution >= 0.6 is 11.6 Å². The van der Waals surface area contributed by atoms with Crippen molar-refractivity contribution in [3.8, 4) is 5.75 Å². The van der Waals surface area contributed by atoms with Crippen LogP contribution in [0.2, 0.25) is 5.02 Å². The minimum atomic E-state index is -1.28. The van der Waals surface area contributed by atoms with Crippen molar-refractivity contribution >= 4 is 17.4 Å². The SMILES string of the molecule is CCOc1ccc(Cc2cc([C@@H]3O[C@H](C)[C@H]4OC(C)(OC)C(C)(OC)O[C@@H]4C3=O)ccc2Cl)cc1. The minimum Gasteiger partial charge on any atom is -0.494 e. The summed E-state index contributed by atoms with van der Waals surface area (Å²) < 4.78 is 35.3. The highest BCUT2D eigenvalue weighted by Gasteiger charge is 2.61. The summed E-state index contributed by atoms with van der Waals surface area (Å²) in [5.41, 5.74) is 2.69. The van der Waals surface area contributed by atoms with Gasteiger partial charge in [0.15, 0.2) is 11.9 Å². The quantitative estimate of drug-likeness (QED) is 0.532. The Labute approximate surface area is 211 Å². The number of halogens is 1. The molecular weight excluding hydrogens is 472 g/mol. The Morgan fingerprint density at radius 1 is 1.00 bits per heavy atom. The molecule has 2 heterocycles. The van der Waals surface area contributed by atoms with Gasteiger partial charge in [0, 0.05) is 19.2 Å². The zero-order chi connectivity index (χ0) is 25.4. The first-order chi connectivity index (χ1) is 16.6. The van der Waals surface area contributed by atoms with Crippen molar-refractivity contribution in [2.24, 2.45) is 0 Å². The monoisotopic (exact) mass is 504 g/mol. The zero-order valence-electron chi connectivity index (χ0n) is 21.0. The van der Waals surface area contributed by atoms with Crippen LogP contribution in [0.4, 0.5) is 0 Å². The molecule has 0 N–H and O–H groups in total. The number of benzene rings is 2. The van der Waals surface area contributed by atoms with Crippen molar-refractivity contribution in [1.82, 2.24) is 0 Å². The van der Waals surface area contributed by atoms with Crippen LogP contribution in [0, 0.1) is 0 Å². The van der Waals surface area contributed by atoms with E-state index in [2.05, 4.69) is 0 Å². The van der Waals surface area contributed by atoms with Gasteiger partial charge in [-0.15, -0.1) is 0 Å². The summed E-state index contributed by atoms with van der Waals surface area (Å²) in [4.78, 5) is 13.6. The van der Waals surface area contributed by atoms with E-state index in [9.17, 15) is 4.79 Å². The van der Waals surface area contributed by atoms with Crippen LogP contribution in [-0.2, 0) is 34.9 Å². The number of carbonyl (C=O) groups is 1. The summed E-state index contributed by atoms with van der Waals surface area (Å²) in [7, 11) is 3.01. The summed E-state index contributed by atoms with van der Waals surface area (Å²) in [6.07, 6.45) is -2.15. The van der Waals surface area contributed by atoms with Crippen LogP contribution in [0.1, 0.15) is 50.5 Å². The summed E-state index contributed by atoms with van der Waals surface area (Å²) in [5, 5.41) is 0.622. The first-order valence-electron chi connectivity index (χ1n) is 11.8. The van der Waals surface area contributed by atoms with Crippen LogP contribution in [0.5, 0.6) is 5.75 Å². The topological polar surface area (TPSA) is 72.5 Å². The van der Waals surface area contributed by atoms with Gasteiger partial charge in [0.05, 0.1) is 12.7 Å². The highest BCUT2D eigenvalue weighted by Crippen LogP contribution is 2.44. The van der Waals surface area contributed by atoms with E-state index in [1.165, 1.54) is 14.2 Å². The number of Topliss-reactive ketones (excluding diaryl/α,β-unsaturated/α-hetero) is 1. The first kappa shape index (κ1) is 26.1. The summed E-state index contributed by atoms with van der Waals surface area (Å²) >= 11 is 6.52. The number of ether oxygens (including phenoxy) is 6. The van der Waals surface area contributed by atoms with E-state index in [1.54, 1.807) is 19.9 Å². The minimum absolute atomic E-state index is 0.233. The molecule has 0 aliphatic carbocycles. The van der Waals surface area contributed by atoms with Gasteiger partial charge < -0.3 is 28.4 Å². The number of ketones is 1. The largest absolute Gasteiger partial charge is 0.494 e. The van der Waals surface area contributed by atoms with Gasteiger partial charge in [-0.1, -0.05) is 35.9 Å². The molecule has 4 rings (SSSR count). The third-order valence-electron chi connectivity index (χ3n) is 6.97. The van der Waals surface area contributed by atoms with E-state index < -0.39 is 36.0 Å². The molecule has 0 amide bonds. The number of hydrogen-bond acceptors (Lipinski definition) is 7. The Morgan fingerprint density at radius 2 is 1.66 bits per heavy atom. The maximum atomic E-state index is 13.6. The van der Waals surface area contributed by atoms with E-state index in [-0.39, 0.29) is 5.78 Å². The van der Waals surface area contributed by atoms with Gasteiger partial charge >= 0.3 is 0 Å². The molecule has 2 aromatic rings. The van der Waals surface area contributed by atoms with Crippen molar-refractivity contribution in [2.75, 3.05) is 20.8 Å². The molecule has 2 unspecified atom stereocenters. The van der Waals surface area contributed by atoms with Crippen molar-refractivity contribution in [3.63, 3.8) is 0 Å². The summed E-state index contributed by atoms with van der Waals surface area (Å²) in [6.45, 7) is 7.86. The smallest absolute Gasteiger partial charge is 0.221 e. The molecule has 2 fully saturated rings. The average molecular weight is 505 g/mol. The molecule has 2 aliphatic heterocycles. The zero-order valence-corrected chi connectivity index (χ0v) is 21.8. The molecule has 35 heavy (non-hydrogen) atoms. The van der Waals surface area contributed by atoms with Crippen LogP contribution < -0.4 is 4.74 Å². The fourth-order valence-electron chi connectivity index (χ4n) is 4.61. The molecule has 0 spiro atoms. The molecular formula is C27H33ClO7. The molecule has 0 saturated carbocycles. The fraction of sp³-hybridized carbons (Fsp3) is 0.519. The normalized spacial score (nSPS) is 32.8. The second-order valence-corrected chi connectivity index (χ2v) is 9.56. The fourth-order valence-corrected chi connectivity index (χ4v) is 4.79. The lowest BCUT2D eigenvalue weighted by Gasteiger charge is -2.54. The van der Waals surface area contributed by atoms with Crippen molar-refractivity contribution < 1.29 is 33.2 Å². The maximum Gasteiger partial charge on any atom is 0.221 e. The molecule has 2 aliphatic rings. The van der Waals surface area contributed by atoms with Gasteiger partial charge in [0.1, 0.15) is 18.0 Å². The predicted octanol–water partition coefficient (Wildman–Crippen LogP) is 4.87. The highest BCUT2D eigenvalue weighted by atomic mass is 35.5. The van der Waals surface area contributed by atoms with E-state index in [0.717, 1.165) is 16.9 Å². The van der Waals surface area contributed by atoms with Crippen LogP contribution in [0.25, 0.3) is 0 Å². The lowest BCUT2D eigenvalue weighted by molar-refractivity contribution is -0.453. The van der Waals surface area contributed by atoms with Gasteiger partial charge in [0.25, 0.3) is 0 Å². The molecule has 8 heteroatoms. The molecule has 2 saturated heterocycles. The Balaban J connectivity index is 1.58. The molecule has 0 radical (unpaired) electrons. The van der Waals surface area contributed by atoms with E-state index in [1.807, 2.05) is 50.2 Å². The Morgan fingerprint density at radius 3 is 2.29 bits per heavy atom. The lowest BCUT2D eigenvalue weighted by atomic mass is 9.89. The van der Waals surface area contributed by atoms with Crippen LogP contribution in [0.15, 0.2) is 42.5 Å².